The summed E-state index contributed by atoms with van der Waals surface area (Å²) in [5, 5.41) is 0. The van der Waals surface area contributed by atoms with Gasteiger partial charge in [-0.3, -0.25) is 4.79 Å². The second-order valence-electron chi connectivity index (χ2n) is 4.42. The lowest BCUT2D eigenvalue weighted by Gasteiger charge is -2.11. The highest BCUT2D eigenvalue weighted by molar-refractivity contribution is 5.70. The normalized spacial score (nSPS) is 10.0. The van der Waals surface area contributed by atoms with Crippen LogP contribution >= 0.6 is 0 Å². The molecule has 0 saturated heterocycles. The third kappa shape index (κ3) is 4.50. The Hall–Kier alpha value is -2.53. The molecule has 2 N–H and O–H groups in total. The number of benzene rings is 2. The van der Waals surface area contributed by atoms with Crippen molar-refractivity contribution in [2.45, 2.75) is 13.5 Å². The lowest BCUT2D eigenvalue weighted by atomic mass is 10.2. The minimum absolute atomic E-state index is 0.370. The summed E-state index contributed by atoms with van der Waals surface area (Å²) in [7, 11) is 1.54. The van der Waals surface area contributed by atoms with Gasteiger partial charge < -0.3 is 14.9 Å². The Morgan fingerprint density at radius 3 is 2.52 bits per heavy atom. The van der Waals surface area contributed by atoms with Gasteiger partial charge in [0, 0.05) is 19.2 Å². The second-order valence-corrected chi connectivity index (χ2v) is 4.42. The number of carbonyl (C=O) groups excluding carboxylic acids is 1. The Labute approximate surface area is 123 Å². The summed E-state index contributed by atoms with van der Waals surface area (Å²) in [4.78, 5) is 11.0. The quantitative estimate of drug-likeness (QED) is 0.486. The number of hydrazine groups is 1. The number of carbonyl (C=O) groups is 1. The highest BCUT2D eigenvalue weighted by atomic mass is 16.6. The van der Waals surface area contributed by atoms with Crippen molar-refractivity contribution in [3.63, 3.8) is 0 Å². The van der Waals surface area contributed by atoms with Crippen LogP contribution in [0.5, 0.6) is 11.5 Å². The van der Waals surface area contributed by atoms with Gasteiger partial charge in [-0.15, -0.1) is 0 Å². The zero-order chi connectivity index (χ0) is 15.1. The minimum atomic E-state index is -0.370. The number of anilines is 1. The number of esters is 1. The van der Waals surface area contributed by atoms with E-state index in [2.05, 4.69) is 10.9 Å². The Bertz CT molecular complexity index is 600. The highest BCUT2D eigenvalue weighted by Gasteiger charge is 2.07. The van der Waals surface area contributed by atoms with Gasteiger partial charge in [-0.1, -0.05) is 24.3 Å². The molecule has 5 heteroatoms. The number of methoxy groups -OCH3 is 1. The maximum atomic E-state index is 11.0. The molecule has 0 aliphatic carbocycles. The first-order valence-corrected chi connectivity index (χ1v) is 6.58. The molecule has 0 aliphatic rings. The summed E-state index contributed by atoms with van der Waals surface area (Å²) >= 11 is 0. The number of ether oxygens (including phenoxy) is 2. The summed E-state index contributed by atoms with van der Waals surface area (Å²) in [6, 6.07) is 15.2. The lowest BCUT2D eigenvalue weighted by Crippen LogP contribution is -2.20. The predicted octanol–water partition coefficient (Wildman–Crippen LogP) is 2.74. The molecule has 0 fully saturated rings. The van der Waals surface area contributed by atoms with Crippen LogP contribution in [0.3, 0.4) is 0 Å². The molecule has 0 radical (unpaired) electrons. The maximum absolute atomic E-state index is 11.0. The van der Waals surface area contributed by atoms with Gasteiger partial charge in [0.15, 0.2) is 11.5 Å². The SMILES string of the molecule is COc1cc(CNNc2ccccc2)ccc1OC(C)=O. The smallest absolute Gasteiger partial charge is 0.308 e. The zero-order valence-electron chi connectivity index (χ0n) is 12.1. The molecule has 0 unspecified atom stereocenters. The molecular weight excluding hydrogens is 268 g/mol. The fourth-order valence-electron chi connectivity index (χ4n) is 1.83. The van der Waals surface area contributed by atoms with Crippen LogP contribution in [0.2, 0.25) is 0 Å². The first kappa shape index (κ1) is 14.9. The first-order valence-electron chi connectivity index (χ1n) is 6.58. The third-order valence-electron chi connectivity index (χ3n) is 2.78. The molecule has 21 heavy (non-hydrogen) atoms. The van der Waals surface area contributed by atoms with Crippen LogP contribution in [0.1, 0.15) is 12.5 Å². The average Bonchev–Trinajstić information content (AvgIpc) is 2.49. The number of hydrogen-bond acceptors (Lipinski definition) is 5. The van der Waals surface area contributed by atoms with Crippen molar-refractivity contribution in [2.75, 3.05) is 12.5 Å². The van der Waals surface area contributed by atoms with E-state index in [1.807, 2.05) is 42.5 Å². The Balaban J connectivity index is 1.96. The van der Waals surface area contributed by atoms with Crippen LogP contribution < -0.4 is 20.3 Å². The van der Waals surface area contributed by atoms with Gasteiger partial charge in [0.05, 0.1) is 7.11 Å². The Kier molecular flexibility index (Phi) is 5.17. The van der Waals surface area contributed by atoms with Gasteiger partial charge in [0.1, 0.15) is 0 Å². The van der Waals surface area contributed by atoms with Crippen molar-refractivity contribution in [1.29, 1.82) is 0 Å². The number of hydrogen-bond donors (Lipinski definition) is 2. The van der Waals surface area contributed by atoms with E-state index in [1.165, 1.54) is 6.92 Å². The number of nitrogens with one attached hydrogen (secondary N) is 2. The van der Waals surface area contributed by atoms with E-state index in [9.17, 15) is 4.79 Å². The monoisotopic (exact) mass is 286 g/mol. The molecule has 2 rings (SSSR count). The molecule has 0 aromatic heterocycles. The molecule has 5 nitrogen and oxygen atoms in total. The molecule has 0 aliphatic heterocycles. The summed E-state index contributed by atoms with van der Waals surface area (Å²) in [6.45, 7) is 1.96. The Morgan fingerprint density at radius 2 is 1.86 bits per heavy atom. The molecule has 110 valence electrons. The van der Waals surface area contributed by atoms with Crippen molar-refractivity contribution in [3.05, 3.63) is 54.1 Å². The van der Waals surface area contributed by atoms with Crippen molar-refractivity contribution in [3.8, 4) is 11.5 Å². The van der Waals surface area contributed by atoms with E-state index in [-0.39, 0.29) is 5.97 Å². The van der Waals surface area contributed by atoms with Crippen LogP contribution in [0.15, 0.2) is 48.5 Å². The second kappa shape index (κ2) is 7.31. The van der Waals surface area contributed by atoms with Gasteiger partial charge in [0.25, 0.3) is 0 Å². The lowest BCUT2D eigenvalue weighted by molar-refractivity contribution is -0.132. The van der Waals surface area contributed by atoms with Gasteiger partial charge in [-0.05, 0) is 29.8 Å². The van der Waals surface area contributed by atoms with E-state index in [4.69, 9.17) is 9.47 Å². The summed E-state index contributed by atoms with van der Waals surface area (Å²) < 4.78 is 10.3. The van der Waals surface area contributed by atoms with Crippen LogP contribution in [-0.4, -0.2) is 13.1 Å². The molecule has 2 aromatic rings. The van der Waals surface area contributed by atoms with E-state index in [0.29, 0.717) is 18.0 Å². The van der Waals surface area contributed by atoms with Crippen LogP contribution in [-0.2, 0) is 11.3 Å². The molecule has 2 aromatic carbocycles. The van der Waals surface area contributed by atoms with E-state index >= 15 is 0 Å². The van der Waals surface area contributed by atoms with Crippen molar-refractivity contribution in [2.24, 2.45) is 0 Å². The van der Waals surface area contributed by atoms with E-state index < -0.39 is 0 Å². The fraction of sp³-hybridized carbons (Fsp3) is 0.188. The standard InChI is InChI=1S/C16H18N2O3/c1-12(19)21-15-9-8-13(10-16(15)20-2)11-17-18-14-6-4-3-5-7-14/h3-10,17-18H,11H2,1-2H3. The fourth-order valence-corrected chi connectivity index (χ4v) is 1.83. The summed E-state index contributed by atoms with van der Waals surface area (Å²) in [6.07, 6.45) is 0. The third-order valence-corrected chi connectivity index (χ3v) is 2.78. The molecule has 0 amide bonds. The molecule has 0 saturated carbocycles. The van der Waals surface area contributed by atoms with E-state index in [0.717, 1.165) is 11.3 Å². The van der Waals surface area contributed by atoms with Crippen LogP contribution in [0, 0.1) is 0 Å². The predicted molar refractivity (Wildman–Crippen MR) is 81.2 cm³/mol. The topological polar surface area (TPSA) is 59.6 Å². The Morgan fingerprint density at radius 1 is 1.10 bits per heavy atom. The van der Waals surface area contributed by atoms with Crippen molar-refractivity contribution in [1.82, 2.24) is 5.43 Å². The summed E-state index contributed by atoms with van der Waals surface area (Å²) in [5.41, 5.74) is 8.21. The molecule has 0 spiro atoms. The van der Waals surface area contributed by atoms with Crippen molar-refractivity contribution >= 4 is 11.7 Å². The molecule has 0 atom stereocenters. The van der Waals surface area contributed by atoms with E-state index in [1.54, 1.807) is 13.2 Å². The largest absolute Gasteiger partial charge is 0.493 e. The van der Waals surface area contributed by atoms with Gasteiger partial charge >= 0.3 is 5.97 Å². The highest BCUT2D eigenvalue weighted by Crippen LogP contribution is 2.28. The molecule has 0 bridgehead atoms. The van der Waals surface area contributed by atoms with Crippen LogP contribution in [0.4, 0.5) is 5.69 Å². The van der Waals surface area contributed by atoms with Crippen LogP contribution in [0.25, 0.3) is 0 Å². The van der Waals surface area contributed by atoms with Gasteiger partial charge in [0.2, 0.25) is 0 Å². The average molecular weight is 286 g/mol. The maximum Gasteiger partial charge on any atom is 0.308 e. The number of para-hydroxylation sites is 1. The first-order chi connectivity index (χ1) is 10.2. The van der Waals surface area contributed by atoms with Gasteiger partial charge in [-0.2, -0.15) is 0 Å². The zero-order valence-corrected chi connectivity index (χ0v) is 12.1. The minimum Gasteiger partial charge on any atom is -0.493 e. The van der Waals surface area contributed by atoms with Crippen molar-refractivity contribution < 1.29 is 14.3 Å². The van der Waals surface area contributed by atoms with Gasteiger partial charge in [-0.25, -0.2) is 5.43 Å². The molecule has 0 heterocycles. The summed E-state index contributed by atoms with van der Waals surface area (Å²) in [5.74, 6) is 0.582. The molecular formula is C16H18N2O3. The number of rotatable bonds is 6.